The molecular weight excluding hydrogens is 281 g/mol. The zero-order valence-electron chi connectivity index (χ0n) is 11.7. The molecule has 5 heteroatoms. The standard InChI is InChI=1S/C15H19ClFNO2/c1-15(2)8-20-14-9(3-10(16)4-11(14)15)5-18-6-12(17)13(19)7-18/h3-4,12-13,19H,5-8H2,1-2H3/t12-,13-/m1/s1. The van der Waals surface area contributed by atoms with Gasteiger partial charge in [-0.2, -0.15) is 0 Å². The lowest BCUT2D eigenvalue weighted by Crippen LogP contribution is -2.21. The first-order valence-corrected chi connectivity index (χ1v) is 7.25. The molecule has 3 nitrogen and oxygen atoms in total. The smallest absolute Gasteiger partial charge is 0.140 e. The molecule has 1 aromatic rings. The van der Waals surface area contributed by atoms with E-state index >= 15 is 0 Å². The van der Waals surface area contributed by atoms with Crippen LogP contribution >= 0.6 is 11.6 Å². The maximum atomic E-state index is 13.4. The number of nitrogens with zero attached hydrogens (tertiary/aromatic N) is 1. The lowest BCUT2D eigenvalue weighted by atomic mass is 9.86. The second kappa shape index (κ2) is 4.86. The van der Waals surface area contributed by atoms with Gasteiger partial charge in [0.15, 0.2) is 0 Å². The molecule has 110 valence electrons. The Labute approximate surface area is 123 Å². The number of rotatable bonds is 2. The van der Waals surface area contributed by atoms with Gasteiger partial charge in [-0.3, -0.25) is 4.90 Å². The van der Waals surface area contributed by atoms with Gasteiger partial charge in [-0.15, -0.1) is 0 Å². The fourth-order valence-electron chi connectivity index (χ4n) is 2.96. The first-order valence-electron chi connectivity index (χ1n) is 6.87. The van der Waals surface area contributed by atoms with E-state index in [1.807, 2.05) is 17.0 Å². The highest BCUT2D eigenvalue weighted by molar-refractivity contribution is 6.30. The number of β-amino-alcohol motifs (C(OH)–C–C–N with tert-alkyl or cyclic N) is 1. The zero-order chi connectivity index (χ0) is 14.5. The van der Waals surface area contributed by atoms with Crippen LogP contribution in [-0.2, 0) is 12.0 Å². The molecule has 0 amide bonds. The van der Waals surface area contributed by atoms with Crippen molar-refractivity contribution < 1.29 is 14.2 Å². The van der Waals surface area contributed by atoms with E-state index in [1.165, 1.54) is 0 Å². The van der Waals surface area contributed by atoms with Gasteiger partial charge in [0.05, 0.1) is 12.7 Å². The normalized spacial score (nSPS) is 28.4. The van der Waals surface area contributed by atoms with Crippen LogP contribution in [0.3, 0.4) is 0 Å². The van der Waals surface area contributed by atoms with Gasteiger partial charge in [0.1, 0.15) is 11.9 Å². The Hall–Kier alpha value is -0.840. The molecule has 20 heavy (non-hydrogen) atoms. The summed E-state index contributed by atoms with van der Waals surface area (Å²) in [6.07, 6.45) is -2.06. The van der Waals surface area contributed by atoms with Crippen molar-refractivity contribution in [1.82, 2.24) is 4.90 Å². The highest BCUT2D eigenvalue weighted by Gasteiger charge is 2.36. The highest BCUT2D eigenvalue weighted by Crippen LogP contribution is 2.43. The average Bonchev–Trinajstić information content (AvgIpc) is 2.81. The molecule has 0 bridgehead atoms. The molecule has 0 spiro atoms. The fourth-order valence-corrected chi connectivity index (χ4v) is 3.20. The molecule has 0 aromatic heterocycles. The third kappa shape index (κ3) is 2.41. The van der Waals surface area contributed by atoms with Crippen LogP contribution in [0.5, 0.6) is 5.75 Å². The molecule has 2 aliphatic heterocycles. The fraction of sp³-hybridized carbons (Fsp3) is 0.600. The third-order valence-electron chi connectivity index (χ3n) is 4.13. The van der Waals surface area contributed by atoms with Gasteiger partial charge in [-0.05, 0) is 12.1 Å². The number of likely N-dealkylation sites (tertiary alicyclic amines) is 1. The summed E-state index contributed by atoms with van der Waals surface area (Å²) in [5.74, 6) is 0.871. The summed E-state index contributed by atoms with van der Waals surface area (Å²) in [7, 11) is 0. The van der Waals surface area contributed by atoms with Crippen molar-refractivity contribution in [2.45, 2.75) is 38.1 Å². The number of alkyl halides is 1. The summed E-state index contributed by atoms with van der Waals surface area (Å²) in [5, 5.41) is 10.2. The first kappa shape index (κ1) is 14.1. The molecule has 0 saturated carbocycles. The Balaban J connectivity index is 1.88. The number of aliphatic hydroxyl groups is 1. The van der Waals surface area contributed by atoms with Crippen molar-refractivity contribution in [3.8, 4) is 5.75 Å². The largest absolute Gasteiger partial charge is 0.492 e. The molecule has 1 fully saturated rings. The number of aliphatic hydroxyl groups excluding tert-OH is 1. The molecule has 0 unspecified atom stereocenters. The lowest BCUT2D eigenvalue weighted by Gasteiger charge is -2.18. The van der Waals surface area contributed by atoms with Gasteiger partial charge in [0.2, 0.25) is 0 Å². The van der Waals surface area contributed by atoms with E-state index in [1.54, 1.807) is 0 Å². The molecule has 2 atom stereocenters. The van der Waals surface area contributed by atoms with Crippen molar-refractivity contribution >= 4 is 11.6 Å². The molecule has 1 aromatic carbocycles. The van der Waals surface area contributed by atoms with Crippen LogP contribution in [0.25, 0.3) is 0 Å². The van der Waals surface area contributed by atoms with Gasteiger partial charge in [-0.1, -0.05) is 25.4 Å². The Morgan fingerprint density at radius 3 is 2.85 bits per heavy atom. The number of fused-ring (bicyclic) bond motifs is 1. The number of halogens is 2. The van der Waals surface area contributed by atoms with Gasteiger partial charge < -0.3 is 9.84 Å². The molecule has 2 aliphatic rings. The second-order valence-corrected chi connectivity index (χ2v) is 6.83. The average molecular weight is 300 g/mol. The monoisotopic (exact) mass is 299 g/mol. The van der Waals surface area contributed by atoms with Crippen LogP contribution in [0.1, 0.15) is 25.0 Å². The predicted octanol–water partition coefficient (Wildman–Crippen LogP) is 2.52. The Bertz CT molecular complexity index is 525. The van der Waals surface area contributed by atoms with E-state index in [4.69, 9.17) is 16.3 Å². The molecule has 0 radical (unpaired) electrons. The maximum Gasteiger partial charge on any atom is 0.140 e. The van der Waals surface area contributed by atoms with Crippen LogP contribution in [0.4, 0.5) is 4.39 Å². The third-order valence-corrected chi connectivity index (χ3v) is 4.34. The van der Waals surface area contributed by atoms with E-state index in [-0.39, 0.29) is 12.0 Å². The summed E-state index contributed by atoms with van der Waals surface area (Å²) in [4.78, 5) is 1.90. The second-order valence-electron chi connectivity index (χ2n) is 6.39. The molecule has 2 heterocycles. The quantitative estimate of drug-likeness (QED) is 0.911. The zero-order valence-corrected chi connectivity index (χ0v) is 12.5. The minimum Gasteiger partial charge on any atom is -0.492 e. The van der Waals surface area contributed by atoms with E-state index < -0.39 is 12.3 Å². The molecule has 1 N–H and O–H groups in total. The molecule has 1 saturated heterocycles. The van der Waals surface area contributed by atoms with Crippen molar-refractivity contribution in [2.75, 3.05) is 19.7 Å². The Morgan fingerprint density at radius 2 is 2.20 bits per heavy atom. The van der Waals surface area contributed by atoms with Crippen LogP contribution in [0.15, 0.2) is 12.1 Å². The maximum absolute atomic E-state index is 13.4. The minimum absolute atomic E-state index is 0.0534. The van der Waals surface area contributed by atoms with Crippen LogP contribution in [-0.4, -0.2) is 42.0 Å². The SMILES string of the molecule is CC1(C)COc2c(CN3C[C@@H](O)[C@H](F)C3)cc(Cl)cc21. The van der Waals surface area contributed by atoms with Crippen molar-refractivity contribution in [2.24, 2.45) is 0 Å². The van der Waals surface area contributed by atoms with Crippen molar-refractivity contribution in [1.29, 1.82) is 0 Å². The van der Waals surface area contributed by atoms with Gasteiger partial charge >= 0.3 is 0 Å². The predicted molar refractivity (Wildman–Crippen MR) is 76.2 cm³/mol. The van der Waals surface area contributed by atoms with E-state index in [2.05, 4.69) is 13.8 Å². The molecule has 3 rings (SSSR count). The first-order chi connectivity index (χ1) is 9.37. The van der Waals surface area contributed by atoms with E-state index in [0.29, 0.717) is 24.7 Å². The van der Waals surface area contributed by atoms with Crippen molar-refractivity contribution in [3.05, 3.63) is 28.3 Å². The Kier molecular flexibility index (Phi) is 3.43. The topological polar surface area (TPSA) is 32.7 Å². The summed E-state index contributed by atoms with van der Waals surface area (Å²) < 4.78 is 19.2. The summed E-state index contributed by atoms with van der Waals surface area (Å²) >= 11 is 6.20. The van der Waals surface area contributed by atoms with Gasteiger partial charge in [0.25, 0.3) is 0 Å². The van der Waals surface area contributed by atoms with Crippen LogP contribution in [0, 0.1) is 0 Å². The summed E-state index contributed by atoms with van der Waals surface area (Å²) in [6.45, 7) is 6.03. The number of benzene rings is 1. The highest BCUT2D eigenvalue weighted by atomic mass is 35.5. The van der Waals surface area contributed by atoms with E-state index in [0.717, 1.165) is 16.9 Å². The van der Waals surface area contributed by atoms with Crippen LogP contribution < -0.4 is 4.74 Å². The lowest BCUT2D eigenvalue weighted by molar-refractivity contribution is 0.115. The van der Waals surface area contributed by atoms with Gasteiger partial charge in [-0.25, -0.2) is 4.39 Å². The van der Waals surface area contributed by atoms with E-state index in [9.17, 15) is 9.50 Å². The molecular formula is C15H19ClFNO2. The molecule has 0 aliphatic carbocycles. The summed E-state index contributed by atoms with van der Waals surface area (Å²) in [5.41, 5.74) is 2.03. The van der Waals surface area contributed by atoms with Crippen LogP contribution in [0.2, 0.25) is 5.02 Å². The number of hydrogen-bond donors (Lipinski definition) is 1. The summed E-state index contributed by atoms with van der Waals surface area (Å²) in [6, 6.07) is 3.82. The Morgan fingerprint density at radius 1 is 1.45 bits per heavy atom. The van der Waals surface area contributed by atoms with Crippen molar-refractivity contribution in [3.63, 3.8) is 0 Å². The number of ether oxygens (including phenoxy) is 1. The number of hydrogen-bond acceptors (Lipinski definition) is 3. The minimum atomic E-state index is -1.17. The van der Waals surface area contributed by atoms with Gasteiger partial charge in [0, 0.05) is 41.2 Å².